The summed E-state index contributed by atoms with van der Waals surface area (Å²) < 4.78 is 1.71. The molecule has 0 spiro atoms. The minimum absolute atomic E-state index is 0.133. The van der Waals surface area contributed by atoms with Crippen LogP contribution in [0.1, 0.15) is 18.3 Å². The van der Waals surface area contributed by atoms with Crippen LogP contribution >= 0.6 is 11.8 Å². The van der Waals surface area contributed by atoms with Crippen LogP contribution in [0.3, 0.4) is 0 Å². The van der Waals surface area contributed by atoms with E-state index in [9.17, 15) is 4.79 Å². The normalized spacial score (nSPS) is 20.2. The topological polar surface area (TPSA) is 64.2 Å². The molecule has 100 valence electrons. The average Bonchev–Trinajstić information content (AvgIpc) is 2.57. The molecule has 6 heteroatoms. The fourth-order valence-electron chi connectivity index (χ4n) is 2.18. The highest BCUT2D eigenvalue weighted by atomic mass is 32.2. The van der Waals surface area contributed by atoms with Crippen LogP contribution in [-0.4, -0.2) is 44.7 Å². The van der Waals surface area contributed by atoms with Crippen molar-refractivity contribution in [1.29, 1.82) is 0 Å². The predicted molar refractivity (Wildman–Crippen MR) is 74.6 cm³/mol. The van der Waals surface area contributed by atoms with Crippen LogP contribution in [0.2, 0.25) is 0 Å². The number of rotatable bonds is 2. The first kappa shape index (κ1) is 13.3. The molecular weight excluding hydrogens is 248 g/mol. The van der Waals surface area contributed by atoms with Crippen LogP contribution in [0.5, 0.6) is 0 Å². The van der Waals surface area contributed by atoms with Gasteiger partial charge in [-0.25, -0.2) is 0 Å². The van der Waals surface area contributed by atoms with Crippen LogP contribution in [0, 0.1) is 13.8 Å². The summed E-state index contributed by atoms with van der Waals surface area (Å²) in [5.74, 6) is 2.17. The van der Waals surface area contributed by atoms with Crippen molar-refractivity contribution in [3.05, 3.63) is 11.4 Å². The number of nitrogen functional groups attached to an aromatic ring is 1. The maximum atomic E-state index is 12.3. The van der Waals surface area contributed by atoms with Crippen molar-refractivity contribution in [2.45, 2.75) is 33.4 Å². The summed E-state index contributed by atoms with van der Waals surface area (Å²) in [4.78, 5) is 14.2. The lowest BCUT2D eigenvalue weighted by atomic mass is 10.3. The number of hydrogen-bond donors (Lipinski definition) is 1. The van der Waals surface area contributed by atoms with Crippen molar-refractivity contribution in [2.24, 2.45) is 0 Å². The van der Waals surface area contributed by atoms with E-state index in [0.717, 1.165) is 29.4 Å². The zero-order chi connectivity index (χ0) is 13.3. The van der Waals surface area contributed by atoms with Gasteiger partial charge in [0.1, 0.15) is 6.54 Å². The van der Waals surface area contributed by atoms with Gasteiger partial charge >= 0.3 is 0 Å². The van der Waals surface area contributed by atoms with E-state index in [1.165, 1.54) is 0 Å². The monoisotopic (exact) mass is 268 g/mol. The van der Waals surface area contributed by atoms with Crippen molar-refractivity contribution in [3.8, 4) is 0 Å². The number of aromatic nitrogens is 2. The Morgan fingerprint density at radius 1 is 1.56 bits per heavy atom. The Labute approximate surface area is 112 Å². The minimum Gasteiger partial charge on any atom is -0.396 e. The Morgan fingerprint density at radius 3 is 2.83 bits per heavy atom. The lowest BCUT2D eigenvalue weighted by molar-refractivity contribution is -0.133. The Bertz CT molecular complexity index is 457. The molecule has 1 unspecified atom stereocenters. The molecule has 1 aromatic rings. The molecule has 1 aliphatic heterocycles. The summed E-state index contributed by atoms with van der Waals surface area (Å²) in [7, 11) is 0. The molecule has 1 fully saturated rings. The van der Waals surface area contributed by atoms with Gasteiger partial charge in [0.25, 0.3) is 0 Å². The van der Waals surface area contributed by atoms with Crippen LogP contribution in [0.25, 0.3) is 0 Å². The number of hydrogen-bond acceptors (Lipinski definition) is 4. The van der Waals surface area contributed by atoms with Crippen molar-refractivity contribution < 1.29 is 4.79 Å². The van der Waals surface area contributed by atoms with Gasteiger partial charge in [-0.3, -0.25) is 9.48 Å². The molecule has 2 heterocycles. The fraction of sp³-hybridized carbons (Fsp3) is 0.667. The average molecular weight is 268 g/mol. The zero-order valence-electron chi connectivity index (χ0n) is 11.1. The number of thioether (sulfide) groups is 1. The van der Waals surface area contributed by atoms with Gasteiger partial charge in [-0.05, 0) is 20.8 Å². The van der Waals surface area contributed by atoms with Crippen LogP contribution < -0.4 is 5.73 Å². The molecule has 0 bridgehead atoms. The van der Waals surface area contributed by atoms with Gasteiger partial charge in [0, 0.05) is 24.1 Å². The first-order valence-corrected chi connectivity index (χ1v) is 7.33. The number of carbonyl (C=O) groups is 1. The molecule has 5 nitrogen and oxygen atoms in total. The molecule has 18 heavy (non-hydrogen) atoms. The quantitative estimate of drug-likeness (QED) is 0.870. The molecule has 1 atom stereocenters. The second kappa shape index (κ2) is 5.22. The second-order valence-corrected chi connectivity index (χ2v) is 5.90. The molecule has 0 aliphatic carbocycles. The number of nitrogens with two attached hydrogens (primary N) is 1. The van der Waals surface area contributed by atoms with Gasteiger partial charge < -0.3 is 10.6 Å². The van der Waals surface area contributed by atoms with E-state index < -0.39 is 0 Å². The third kappa shape index (κ3) is 2.48. The van der Waals surface area contributed by atoms with E-state index in [0.29, 0.717) is 18.3 Å². The highest BCUT2D eigenvalue weighted by Gasteiger charge is 2.24. The fourth-order valence-corrected chi connectivity index (χ4v) is 3.19. The molecule has 0 aromatic carbocycles. The molecule has 0 radical (unpaired) electrons. The number of carbonyl (C=O) groups excluding carboxylic acids is 1. The summed E-state index contributed by atoms with van der Waals surface area (Å²) in [6, 6.07) is 0.311. The van der Waals surface area contributed by atoms with Gasteiger partial charge in [0.2, 0.25) is 5.91 Å². The molecule has 2 N–H and O–H groups in total. The van der Waals surface area contributed by atoms with Crippen LogP contribution in [0.15, 0.2) is 0 Å². The van der Waals surface area contributed by atoms with Crippen molar-refractivity contribution in [2.75, 3.05) is 23.8 Å². The number of nitrogens with zero attached hydrogens (tertiary/aromatic N) is 3. The maximum absolute atomic E-state index is 12.3. The van der Waals surface area contributed by atoms with Crippen LogP contribution in [0.4, 0.5) is 5.69 Å². The third-order valence-corrected chi connectivity index (χ3v) is 4.60. The van der Waals surface area contributed by atoms with Gasteiger partial charge in [-0.1, -0.05) is 0 Å². The molecule has 0 saturated carbocycles. The van der Waals surface area contributed by atoms with Gasteiger partial charge in [-0.2, -0.15) is 16.9 Å². The Morgan fingerprint density at radius 2 is 2.28 bits per heavy atom. The Balaban J connectivity index is 2.08. The Hall–Kier alpha value is -1.17. The van der Waals surface area contributed by atoms with E-state index in [2.05, 4.69) is 12.0 Å². The largest absolute Gasteiger partial charge is 0.396 e. The minimum atomic E-state index is 0.133. The first-order valence-electron chi connectivity index (χ1n) is 6.17. The second-order valence-electron chi connectivity index (χ2n) is 4.75. The predicted octanol–water partition coefficient (Wildman–Crippen LogP) is 1.05. The maximum Gasteiger partial charge on any atom is 0.244 e. The molecule has 1 aliphatic rings. The standard InChI is InChI=1S/C12H20N4OS/c1-8-7-18-5-4-15(8)11(17)6-16-10(3)12(13)9(2)14-16/h8H,4-7,13H2,1-3H3. The smallest absolute Gasteiger partial charge is 0.244 e. The van der Waals surface area contributed by atoms with Gasteiger partial charge in [0.05, 0.1) is 17.1 Å². The van der Waals surface area contributed by atoms with E-state index >= 15 is 0 Å². The molecule has 2 rings (SSSR count). The molecule has 1 amide bonds. The van der Waals surface area contributed by atoms with Crippen molar-refractivity contribution in [1.82, 2.24) is 14.7 Å². The lowest BCUT2D eigenvalue weighted by Gasteiger charge is -2.33. The highest BCUT2D eigenvalue weighted by molar-refractivity contribution is 7.99. The summed E-state index contributed by atoms with van der Waals surface area (Å²) in [6.45, 7) is 6.99. The first-order chi connectivity index (χ1) is 8.50. The zero-order valence-corrected chi connectivity index (χ0v) is 12.0. The number of anilines is 1. The molecule has 1 saturated heterocycles. The summed E-state index contributed by atoms with van der Waals surface area (Å²) in [6.07, 6.45) is 0. The number of aryl methyl sites for hydroxylation is 1. The van der Waals surface area contributed by atoms with Crippen molar-refractivity contribution in [3.63, 3.8) is 0 Å². The highest BCUT2D eigenvalue weighted by Crippen LogP contribution is 2.18. The summed E-state index contributed by atoms with van der Waals surface area (Å²) >= 11 is 1.90. The van der Waals surface area contributed by atoms with Gasteiger partial charge in [0.15, 0.2) is 0 Å². The van der Waals surface area contributed by atoms with Gasteiger partial charge in [-0.15, -0.1) is 0 Å². The Kier molecular flexibility index (Phi) is 3.85. The van der Waals surface area contributed by atoms with E-state index in [1.54, 1.807) is 4.68 Å². The lowest BCUT2D eigenvalue weighted by Crippen LogP contribution is -2.46. The summed E-state index contributed by atoms with van der Waals surface area (Å²) in [5.41, 5.74) is 8.23. The van der Waals surface area contributed by atoms with E-state index in [-0.39, 0.29) is 5.91 Å². The molecule has 1 aromatic heterocycles. The molecular formula is C12H20N4OS. The third-order valence-electron chi connectivity index (χ3n) is 3.41. The van der Waals surface area contributed by atoms with Crippen LogP contribution in [-0.2, 0) is 11.3 Å². The number of amides is 1. The van der Waals surface area contributed by atoms with E-state index in [4.69, 9.17) is 5.73 Å². The summed E-state index contributed by atoms with van der Waals surface area (Å²) in [5, 5.41) is 4.31. The SMILES string of the molecule is Cc1nn(CC(=O)N2CCSCC2C)c(C)c1N. The van der Waals surface area contributed by atoms with E-state index in [1.807, 2.05) is 30.5 Å². The van der Waals surface area contributed by atoms with Crippen molar-refractivity contribution >= 4 is 23.4 Å².